The largest absolute Gasteiger partial charge is 0.356 e. The van der Waals surface area contributed by atoms with Crippen LogP contribution in [0, 0.1) is 18.3 Å². The molecule has 0 saturated carbocycles. The third-order valence-electron chi connectivity index (χ3n) is 6.03. The molecule has 4 rings (SSSR count). The molecule has 1 fully saturated rings. The first-order valence-electron chi connectivity index (χ1n) is 10.0. The number of fused-ring (bicyclic) bond motifs is 3. The third-order valence-corrected chi connectivity index (χ3v) is 6.03. The summed E-state index contributed by atoms with van der Waals surface area (Å²) in [6, 6.07) is 11.1. The number of nitrogens with zero attached hydrogens (tertiary/aromatic N) is 5. The molecule has 1 aliphatic heterocycles. The number of nitriles is 1. The summed E-state index contributed by atoms with van der Waals surface area (Å²) < 4.78 is 2.21. The first-order valence-corrected chi connectivity index (χ1v) is 10.0. The molecule has 3 aromatic rings. The van der Waals surface area contributed by atoms with Gasteiger partial charge in [-0.15, -0.1) is 37.2 Å². The first-order chi connectivity index (χ1) is 13.6. The summed E-state index contributed by atoms with van der Waals surface area (Å²) in [7, 11) is 4.30. The lowest BCUT2D eigenvalue weighted by Gasteiger charge is -2.27. The minimum Gasteiger partial charge on any atom is -0.356 e. The van der Waals surface area contributed by atoms with Gasteiger partial charge in [-0.3, -0.25) is 4.40 Å². The van der Waals surface area contributed by atoms with E-state index in [2.05, 4.69) is 47.4 Å². The molecule has 0 spiro atoms. The Morgan fingerprint density at radius 2 is 1.94 bits per heavy atom. The fourth-order valence-electron chi connectivity index (χ4n) is 4.43. The number of benzene rings is 1. The van der Waals surface area contributed by atoms with E-state index in [4.69, 9.17) is 10.7 Å². The van der Waals surface area contributed by atoms with Crippen LogP contribution < -0.4 is 10.6 Å². The third kappa shape index (κ3) is 4.72. The van der Waals surface area contributed by atoms with Crippen molar-refractivity contribution in [2.24, 2.45) is 5.73 Å². The average Bonchev–Trinajstić information content (AvgIpc) is 3.31. The van der Waals surface area contributed by atoms with Gasteiger partial charge in [0.05, 0.1) is 16.6 Å². The van der Waals surface area contributed by atoms with Gasteiger partial charge in [-0.1, -0.05) is 12.1 Å². The van der Waals surface area contributed by atoms with Gasteiger partial charge in [-0.25, -0.2) is 4.98 Å². The molecule has 1 aliphatic rings. The number of aromatic nitrogens is 2. The summed E-state index contributed by atoms with van der Waals surface area (Å²) in [6.07, 6.45) is 2.91. The van der Waals surface area contributed by atoms with Crippen LogP contribution in [0.5, 0.6) is 0 Å². The molecular weight excluding hydrogens is 455 g/mol. The van der Waals surface area contributed by atoms with Crippen LogP contribution in [0.25, 0.3) is 16.7 Å². The molecular formula is C22H31Cl3N6. The summed E-state index contributed by atoms with van der Waals surface area (Å²) in [5, 5.41) is 9.91. The van der Waals surface area contributed by atoms with E-state index in [1.807, 2.05) is 18.2 Å². The Morgan fingerprint density at radius 3 is 2.55 bits per heavy atom. The van der Waals surface area contributed by atoms with E-state index >= 15 is 0 Å². The molecule has 1 aromatic carbocycles. The molecule has 2 N–H and O–H groups in total. The highest BCUT2D eigenvalue weighted by Gasteiger charge is 2.30. The molecule has 0 bridgehead atoms. The lowest BCUT2D eigenvalue weighted by molar-refractivity contribution is 0.315. The van der Waals surface area contributed by atoms with E-state index in [0.717, 1.165) is 54.6 Å². The second kappa shape index (κ2) is 11.2. The molecule has 0 unspecified atom stereocenters. The van der Waals surface area contributed by atoms with Crippen LogP contribution in [0.3, 0.4) is 0 Å². The van der Waals surface area contributed by atoms with Crippen LogP contribution in [0.15, 0.2) is 24.3 Å². The predicted octanol–water partition coefficient (Wildman–Crippen LogP) is 3.96. The Balaban J connectivity index is 0.00000160. The number of halogens is 3. The summed E-state index contributed by atoms with van der Waals surface area (Å²) >= 11 is 0. The van der Waals surface area contributed by atoms with Crippen molar-refractivity contribution in [1.29, 1.82) is 5.26 Å². The molecule has 0 aliphatic carbocycles. The van der Waals surface area contributed by atoms with Crippen LogP contribution in [0.2, 0.25) is 0 Å². The Hall–Kier alpha value is -1.75. The van der Waals surface area contributed by atoms with Crippen molar-refractivity contribution in [3.05, 3.63) is 41.0 Å². The van der Waals surface area contributed by atoms with Crippen molar-refractivity contribution in [2.45, 2.75) is 32.2 Å². The van der Waals surface area contributed by atoms with E-state index in [0.29, 0.717) is 18.2 Å². The molecule has 1 saturated heterocycles. The van der Waals surface area contributed by atoms with Gasteiger partial charge in [-0.05, 0) is 70.1 Å². The van der Waals surface area contributed by atoms with Crippen molar-refractivity contribution < 1.29 is 0 Å². The number of pyridine rings is 1. The molecule has 9 heteroatoms. The summed E-state index contributed by atoms with van der Waals surface area (Å²) in [6.45, 7) is 4.69. The molecule has 1 atom stereocenters. The minimum absolute atomic E-state index is 0. The molecule has 6 nitrogen and oxygen atoms in total. The zero-order valence-corrected chi connectivity index (χ0v) is 20.6. The van der Waals surface area contributed by atoms with E-state index in [1.165, 1.54) is 11.4 Å². The van der Waals surface area contributed by atoms with Crippen molar-refractivity contribution >= 4 is 59.7 Å². The van der Waals surface area contributed by atoms with Gasteiger partial charge in [0, 0.05) is 19.1 Å². The summed E-state index contributed by atoms with van der Waals surface area (Å²) in [5.74, 6) is 1.19. The van der Waals surface area contributed by atoms with Gasteiger partial charge in [0.15, 0.2) is 5.65 Å². The summed E-state index contributed by atoms with van der Waals surface area (Å²) in [5.41, 5.74) is 11.6. The van der Waals surface area contributed by atoms with E-state index in [9.17, 15) is 5.26 Å². The normalized spacial score (nSPS) is 15.5. The number of rotatable bonds is 5. The van der Waals surface area contributed by atoms with Gasteiger partial charge in [0.2, 0.25) is 0 Å². The van der Waals surface area contributed by atoms with Gasteiger partial charge in [-0.2, -0.15) is 5.26 Å². The number of para-hydroxylation sites is 2. The molecule has 3 heterocycles. The van der Waals surface area contributed by atoms with Crippen LogP contribution in [-0.4, -0.2) is 54.1 Å². The van der Waals surface area contributed by atoms with Gasteiger partial charge >= 0.3 is 0 Å². The predicted molar refractivity (Wildman–Crippen MR) is 136 cm³/mol. The van der Waals surface area contributed by atoms with Crippen molar-refractivity contribution in [3.8, 4) is 6.07 Å². The Kier molecular flexibility index (Phi) is 9.87. The standard InChI is InChI=1S/C22H28N6.3ClH/c1-15-17(7-6-11-23)22(27-12-10-16(14-27)26(2)3)28-20-9-5-4-8-19(20)25-21(28)18(15)13-24;;;/h4-5,8-9,16H,6-7,10-12,14,23H2,1-3H3;3*1H/t16-;;;/m0.../s1. The van der Waals surface area contributed by atoms with Crippen LogP contribution >= 0.6 is 37.2 Å². The number of likely N-dealkylation sites (N-methyl/N-ethyl adjacent to an activating group) is 1. The number of hydrogen-bond acceptors (Lipinski definition) is 5. The van der Waals surface area contributed by atoms with E-state index in [-0.39, 0.29) is 37.2 Å². The van der Waals surface area contributed by atoms with E-state index < -0.39 is 0 Å². The number of anilines is 1. The van der Waals surface area contributed by atoms with Gasteiger partial charge < -0.3 is 15.5 Å². The zero-order valence-electron chi connectivity index (χ0n) is 18.2. The Labute approximate surface area is 202 Å². The van der Waals surface area contributed by atoms with Crippen LogP contribution in [0.1, 0.15) is 29.5 Å². The smallest absolute Gasteiger partial charge is 0.157 e. The lowest BCUT2D eigenvalue weighted by Crippen LogP contribution is -2.32. The van der Waals surface area contributed by atoms with Crippen LogP contribution in [0.4, 0.5) is 5.82 Å². The van der Waals surface area contributed by atoms with Gasteiger partial charge in [0.1, 0.15) is 11.9 Å². The zero-order chi connectivity index (χ0) is 19.8. The number of nitrogens with two attached hydrogens (primary N) is 1. The van der Waals surface area contributed by atoms with Crippen molar-refractivity contribution in [2.75, 3.05) is 38.6 Å². The number of hydrogen-bond donors (Lipinski definition) is 1. The maximum atomic E-state index is 9.91. The highest BCUT2D eigenvalue weighted by Crippen LogP contribution is 2.35. The van der Waals surface area contributed by atoms with Crippen LogP contribution in [-0.2, 0) is 6.42 Å². The summed E-state index contributed by atoms with van der Waals surface area (Å²) in [4.78, 5) is 9.62. The fourth-order valence-corrected chi connectivity index (χ4v) is 4.43. The van der Waals surface area contributed by atoms with Crippen molar-refractivity contribution in [3.63, 3.8) is 0 Å². The molecule has 0 radical (unpaired) electrons. The second-order valence-corrected chi connectivity index (χ2v) is 7.92. The Bertz CT molecular complexity index is 1070. The second-order valence-electron chi connectivity index (χ2n) is 7.92. The first kappa shape index (κ1) is 27.3. The van der Waals surface area contributed by atoms with E-state index in [1.54, 1.807) is 0 Å². The monoisotopic (exact) mass is 484 g/mol. The highest BCUT2D eigenvalue weighted by molar-refractivity contribution is 5.86. The SMILES string of the molecule is Cc1c(CCCN)c(N2CC[C@H](N(C)C)C2)n2c(nc3ccccc32)c1C#N.Cl.Cl.Cl. The minimum atomic E-state index is 0. The van der Waals surface area contributed by atoms with Crippen molar-refractivity contribution in [1.82, 2.24) is 14.3 Å². The average molecular weight is 486 g/mol. The maximum absolute atomic E-state index is 9.91. The molecule has 31 heavy (non-hydrogen) atoms. The maximum Gasteiger partial charge on any atom is 0.157 e. The molecule has 170 valence electrons. The lowest BCUT2D eigenvalue weighted by atomic mass is 10.00. The quantitative estimate of drug-likeness (QED) is 0.592. The van der Waals surface area contributed by atoms with Gasteiger partial charge in [0.25, 0.3) is 0 Å². The molecule has 2 aromatic heterocycles. The Morgan fingerprint density at radius 1 is 1.23 bits per heavy atom. The highest BCUT2D eigenvalue weighted by atomic mass is 35.5. The fraction of sp³-hybridized carbons (Fsp3) is 0.455. The number of imidazole rings is 1. The topological polar surface area (TPSA) is 73.6 Å². The molecule has 0 amide bonds.